The molecule has 0 aromatic heterocycles. The van der Waals surface area contributed by atoms with Crippen molar-refractivity contribution in [2.24, 2.45) is 5.73 Å². The highest BCUT2D eigenvalue weighted by molar-refractivity contribution is 5.43. The number of ether oxygens (including phenoxy) is 2. The monoisotopic (exact) mass is 219 g/mol. The summed E-state index contributed by atoms with van der Waals surface area (Å²) in [5.74, 6) is 3.77. The molecule has 1 rings (SSSR count). The van der Waals surface area contributed by atoms with Gasteiger partial charge in [0.2, 0.25) is 0 Å². The fraction of sp³-hybridized carbons (Fsp3) is 0.385. The van der Waals surface area contributed by atoms with E-state index in [0.717, 1.165) is 12.0 Å². The molecule has 1 atom stereocenters. The Hall–Kier alpha value is -1.66. The average molecular weight is 219 g/mol. The van der Waals surface area contributed by atoms with E-state index in [-0.39, 0.29) is 12.6 Å². The lowest BCUT2D eigenvalue weighted by Gasteiger charge is -2.11. The number of hydrogen-bond acceptors (Lipinski definition) is 3. The summed E-state index contributed by atoms with van der Waals surface area (Å²) in [7, 11) is 1.60. The molecule has 0 aliphatic heterocycles. The Morgan fingerprint density at radius 1 is 1.44 bits per heavy atom. The minimum Gasteiger partial charge on any atom is -0.493 e. The fourth-order valence-electron chi connectivity index (χ4n) is 1.45. The Morgan fingerprint density at radius 2 is 2.19 bits per heavy atom. The molecule has 0 radical (unpaired) electrons. The van der Waals surface area contributed by atoms with Crippen molar-refractivity contribution >= 4 is 0 Å². The predicted octanol–water partition coefficient (Wildman–Crippen LogP) is 1.60. The lowest BCUT2D eigenvalue weighted by atomic mass is 10.1. The minimum atomic E-state index is 0.127. The highest BCUT2D eigenvalue weighted by atomic mass is 16.5. The standard InChI is InChI=1S/C13H17NO2/c1-4-7-16-12-6-5-11(8-10(2)14)9-13(12)15-3/h1,5-6,9-10H,7-8,14H2,2-3H3. The van der Waals surface area contributed by atoms with Crippen molar-refractivity contribution in [3.8, 4) is 23.8 Å². The van der Waals surface area contributed by atoms with Crippen molar-refractivity contribution in [3.63, 3.8) is 0 Å². The maximum Gasteiger partial charge on any atom is 0.162 e. The van der Waals surface area contributed by atoms with E-state index in [2.05, 4.69) is 5.92 Å². The van der Waals surface area contributed by atoms with Crippen LogP contribution in [0, 0.1) is 12.3 Å². The largest absolute Gasteiger partial charge is 0.493 e. The molecule has 0 fully saturated rings. The Balaban J connectivity index is 2.84. The Labute approximate surface area is 96.6 Å². The van der Waals surface area contributed by atoms with Gasteiger partial charge in [0.1, 0.15) is 6.61 Å². The molecule has 1 aromatic carbocycles. The van der Waals surface area contributed by atoms with Crippen molar-refractivity contribution in [1.82, 2.24) is 0 Å². The van der Waals surface area contributed by atoms with Gasteiger partial charge in [-0.3, -0.25) is 0 Å². The van der Waals surface area contributed by atoms with Crippen LogP contribution >= 0.6 is 0 Å². The first-order valence-electron chi connectivity index (χ1n) is 5.16. The van der Waals surface area contributed by atoms with Crippen LogP contribution in [0.3, 0.4) is 0 Å². The summed E-state index contributed by atoms with van der Waals surface area (Å²) in [6.07, 6.45) is 5.94. The van der Waals surface area contributed by atoms with Crippen LogP contribution in [0.25, 0.3) is 0 Å². The van der Waals surface area contributed by atoms with Crippen molar-refractivity contribution < 1.29 is 9.47 Å². The molecule has 3 nitrogen and oxygen atoms in total. The molecular weight excluding hydrogens is 202 g/mol. The lowest BCUT2D eigenvalue weighted by Crippen LogP contribution is -2.17. The first kappa shape index (κ1) is 12.4. The van der Waals surface area contributed by atoms with Crippen LogP contribution in [0.15, 0.2) is 18.2 Å². The maximum absolute atomic E-state index is 5.74. The van der Waals surface area contributed by atoms with E-state index in [1.807, 2.05) is 25.1 Å². The topological polar surface area (TPSA) is 44.5 Å². The molecular formula is C13H17NO2. The minimum absolute atomic E-state index is 0.127. The number of rotatable bonds is 5. The lowest BCUT2D eigenvalue weighted by molar-refractivity contribution is 0.330. The van der Waals surface area contributed by atoms with Crippen molar-refractivity contribution in [2.75, 3.05) is 13.7 Å². The van der Waals surface area contributed by atoms with Gasteiger partial charge in [-0.2, -0.15) is 0 Å². The van der Waals surface area contributed by atoms with Gasteiger partial charge in [0.15, 0.2) is 11.5 Å². The SMILES string of the molecule is C#CCOc1ccc(CC(C)N)cc1OC. The normalized spacial score (nSPS) is 11.6. The molecule has 16 heavy (non-hydrogen) atoms. The molecule has 0 spiro atoms. The van der Waals surface area contributed by atoms with Gasteiger partial charge in [0.05, 0.1) is 7.11 Å². The molecule has 3 heteroatoms. The molecule has 2 N–H and O–H groups in total. The summed E-state index contributed by atoms with van der Waals surface area (Å²) in [6, 6.07) is 5.88. The van der Waals surface area contributed by atoms with E-state index >= 15 is 0 Å². The summed E-state index contributed by atoms with van der Waals surface area (Å²) in [5.41, 5.74) is 6.86. The van der Waals surface area contributed by atoms with Gasteiger partial charge in [0.25, 0.3) is 0 Å². The molecule has 0 saturated carbocycles. The molecule has 0 bridgehead atoms. The Morgan fingerprint density at radius 3 is 2.75 bits per heavy atom. The molecule has 86 valence electrons. The van der Waals surface area contributed by atoms with Crippen molar-refractivity contribution in [3.05, 3.63) is 23.8 Å². The molecule has 0 amide bonds. The van der Waals surface area contributed by atoms with Gasteiger partial charge in [-0.05, 0) is 31.0 Å². The quantitative estimate of drug-likeness (QED) is 0.765. The first-order chi connectivity index (χ1) is 7.67. The molecule has 0 aliphatic carbocycles. The van der Waals surface area contributed by atoms with E-state index in [1.165, 1.54) is 0 Å². The van der Waals surface area contributed by atoms with Crippen LogP contribution < -0.4 is 15.2 Å². The molecule has 0 aliphatic rings. The Bertz CT molecular complexity index is 380. The number of benzene rings is 1. The van der Waals surface area contributed by atoms with Crippen molar-refractivity contribution in [2.45, 2.75) is 19.4 Å². The van der Waals surface area contributed by atoms with Crippen LogP contribution in [0.4, 0.5) is 0 Å². The third-order valence-electron chi connectivity index (χ3n) is 2.10. The molecule has 1 aromatic rings. The van der Waals surface area contributed by atoms with E-state index in [4.69, 9.17) is 21.6 Å². The maximum atomic E-state index is 5.74. The zero-order valence-corrected chi connectivity index (χ0v) is 9.69. The van der Waals surface area contributed by atoms with Gasteiger partial charge in [-0.25, -0.2) is 0 Å². The fourth-order valence-corrected chi connectivity index (χ4v) is 1.45. The average Bonchev–Trinajstić information content (AvgIpc) is 2.26. The van der Waals surface area contributed by atoms with Gasteiger partial charge in [-0.1, -0.05) is 12.0 Å². The molecule has 0 heterocycles. The van der Waals surface area contributed by atoms with Crippen LogP contribution in [-0.4, -0.2) is 19.8 Å². The zero-order chi connectivity index (χ0) is 12.0. The summed E-state index contributed by atoms with van der Waals surface area (Å²) in [6.45, 7) is 2.21. The van der Waals surface area contributed by atoms with Crippen LogP contribution in [-0.2, 0) is 6.42 Å². The van der Waals surface area contributed by atoms with Gasteiger partial charge in [-0.15, -0.1) is 6.42 Å². The number of methoxy groups -OCH3 is 1. The smallest absolute Gasteiger partial charge is 0.162 e. The van der Waals surface area contributed by atoms with Crippen LogP contribution in [0.1, 0.15) is 12.5 Å². The second-order valence-corrected chi connectivity index (χ2v) is 3.66. The van der Waals surface area contributed by atoms with E-state index in [0.29, 0.717) is 11.5 Å². The number of hydrogen-bond donors (Lipinski definition) is 1. The van der Waals surface area contributed by atoms with Gasteiger partial charge >= 0.3 is 0 Å². The van der Waals surface area contributed by atoms with Crippen LogP contribution in [0.5, 0.6) is 11.5 Å². The van der Waals surface area contributed by atoms with E-state index in [9.17, 15) is 0 Å². The number of nitrogens with two attached hydrogens (primary N) is 1. The highest BCUT2D eigenvalue weighted by Crippen LogP contribution is 2.28. The third-order valence-corrected chi connectivity index (χ3v) is 2.10. The van der Waals surface area contributed by atoms with Crippen molar-refractivity contribution in [1.29, 1.82) is 0 Å². The van der Waals surface area contributed by atoms with Crippen LogP contribution in [0.2, 0.25) is 0 Å². The summed E-state index contributed by atoms with van der Waals surface area (Å²) < 4.78 is 10.6. The Kier molecular flexibility index (Phi) is 4.68. The third kappa shape index (κ3) is 3.48. The van der Waals surface area contributed by atoms with E-state index < -0.39 is 0 Å². The number of terminal acetylenes is 1. The highest BCUT2D eigenvalue weighted by Gasteiger charge is 2.06. The molecule has 1 unspecified atom stereocenters. The molecule has 0 saturated heterocycles. The van der Waals surface area contributed by atoms with Gasteiger partial charge in [0, 0.05) is 6.04 Å². The predicted molar refractivity (Wildman–Crippen MR) is 64.7 cm³/mol. The summed E-state index contributed by atoms with van der Waals surface area (Å²) in [4.78, 5) is 0. The zero-order valence-electron chi connectivity index (χ0n) is 9.69. The second kappa shape index (κ2) is 6.04. The first-order valence-corrected chi connectivity index (χ1v) is 5.16. The summed E-state index contributed by atoms with van der Waals surface area (Å²) >= 11 is 0. The van der Waals surface area contributed by atoms with E-state index in [1.54, 1.807) is 7.11 Å². The van der Waals surface area contributed by atoms with Gasteiger partial charge < -0.3 is 15.2 Å². The second-order valence-electron chi connectivity index (χ2n) is 3.66. The summed E-state index contributed by atoms with van der Waals surface area (Å²) in [5, 5.41) is 0.